The van der Waals surface area contributed by atoms with Crippen molar-refractivity contribution in [1.29, 1.82) is 0 Å². The van der Waals surface area contributed by atoms with E-state index in [0.717, 1.165) is 10.5 Å². The minimum Gasteiger partial charge on any atom is -0.480 e. The zero-order valence-electron chi connectivity index (χ0n) is 12.0. The predicted octanol–water partition coefficient (Wildman–Crippen LogP) is 4.49. The van der Waals surface area contributed by atoms with Crippen LogP contribution in [0, 0.1) is 6.92 Å². The lowest BCUT2D eigenvalue weighted by Crippen LogP contribution is -2.46. The van der Waals surface area contributed by atoms with Gasteiger partial charge in [-0.25, -0.2) is 0 Å². The highest BCUT2D eigenvalue weighted by molar-refractivity contribution is 8.01. The van der Waals surface area contributed by atoms with Crippen LogP contribution in [0.5, 0.6) is 0 Å². The summed E-state index contributed by atoms with van der Waals surface area (Å²) in [5, 5.41) is 9.68. The van der Waals surface area contributed by atoms with Crippen LogP contribution < -0.4 is 0 Å². The summed E-state index contributed by atoms with van der Waals surface area (Å²) in [6.07, 6.45) is 1.40. The smallest absolute Gasteiger partial charge is 0.320 e. The number of carboxylic acids is 1. The molecule has 2 aromatic rings. The summed E-state index contributed by atoms with van der Waals surface area (Å²) in [6, 6.07) is 18.2. The lowest BCUT2D eigenvalue weighted by atomic mass is 9.70. The van der Waals surface area contributed by atoms with E-state index in [2.05, 4.69) is 12.1 Å². The second kappa shape index (κ2) is 5.57. The molecule has 1 aliphatic rings. The average molecular weight is 298 g/mol. The number of aliphatic carboxylic acids is 1. The first-order valence-electron chi connectivity index (χ1n) is 7.14. The van der Waals surface area contributed by atoms with Gasteiger partial charge >= 0.3 is 5.97 Å². The van der Waals surface area contributed by atoms with Gasteiger partial charge in [0.2, 0.25) is 0 Å². The SMILES string of the molecule is Cc1ccccc1SC1(C(=O)O)CC(c2ccccc2)C1. The molecular weight excluding hydrogens is 280 g/mol. The third kappa shape index (κ3) is 2.70. The number of rotatable bonds is 4. The molecule has 0 spiro atoms. The number of hydrogen-bond acceptors (Lipinski definition) is 2. The summed E-state index contributed by atoms with van der Waals surface area (Å²) in [4.78, 5) is 12.9. The largest absolute Gasteiger partial charge is 0.480 e. The lowest BCUT2D eigenvalue weighted by molar-refractivity contribution is -0.142. The molecule has 2 nitrogen and oxygen atoms in total. The van der Waals surface area contributed by atoms with Crippen LogP contribution in [0.1, 0.15) is 29.9 Å². The molecule has 0 unspecified atom stereocenters. The van der Waals surface area contributed by atoms with Gasteiger partial charge in [-0.1, -0.05) is 48.5 Å². The van der Waals surface area contributed by atoms with E-state index in [-0.39, 0.29) is 0 Å². The molecule has 108 valence electrons. The fraction of sp³-hybridized carbons (Fsp3) is 0.278. The van der Waals surface area contributed by atoms with E-state index in [9.17, 15) is 9.90 Å². The Hall–Kier alpha value is -1.74. The Morgan fingerprint density at radius 3 is 2.33 bits per heavy atom. The maximum Gasteiger partial charge on any atom is 0.320 e. The number of aryl methyl sites for hydroxylation is 1. The number of hydrogen-bond donors (Lipinski definition) is 1. The van der Waals surface area contributed by atoms with Crippen LogP contribution in [-0.4, -0.2) is 15.8 Å². The van der Waals surface area contributed by atoms with Gasteiger partial charge in [0.15, 0.2) is 0 Å². The molecule has 0 aromatic heterocycles. The molecule has 1 fully saturated rings. The van der Waals surface area contributed by atoms with Crippen LogP contribution in [-0.2, 0) is 4.79 Å². The highest BCUT2D eigenvalue weighted by Crippen LogP contribution is 2.55. The fourth-order valence-electron chi connectivity index (χ4n) is 2.88. The maximum atomic E-state index is 11.8. The Morgan fingerprint density at radius 1 is 1.10 bits per heavy atom. The molecule has 0 bridgehead atoms. The third-order valence-electron chi connectivity index (χ3n) is 4.21. The summed E-state index contributed by atoms with van der Waals surface area (Å²) in [6.45, 7) is 2.03. The van der Waals surface area contributed by atoms with Crippen molar-refractivity contribution < 1.29 is 9.90 Å². The molecule has 0 heterocycles. The molecule has 21 heavy (non-hydrogen) atoms. The van der Waals surface area contributed by atoms with Gasteiger partial charge in [-0.15, -0.1) is 11.8 Å². The Balaban J connectivity index is 1.79. The monoisotopic (exact) mass is 298 g/mol. The second-order valence-corrected chi connectivity index (χ2v) is 7.11. The number of thioether (sulfide) groups is 1. The Labute approximate surface area is 129 Å². The molecule has 3 heteroatoms. The summed E-state index contributed by atoms with van der Waals surface area (Å²) in [5.74, 6) is -0.332. The number of benzene rings is 2. The van der Waals surface area contributed by atoms with Crippen molar-refractivity contribution in [3.63, 3.8) is 0 Å². The highest BCUT2D eigenvalue weighted by atomic mass is 32.2. The van der Waals surface area contributed by atoms with E-state index in [4.69, 9.17) is 0 Å². The van der Waals surface area contributed by atoms with Gasteiger partial charge in [-0.2, -0.15) is 0 Å². The van der Waals surface area contributed by atoms with Crippen molar-refractivity contribution in [2.45, 2.75) is 35.3 Å². The first-order chi connectivity index (χ1) is 10.1. The Morgan fingerprint density at radius 2 is 1.71 bits per heavy atom. The summed E-state index contributed by atoms with van der Waals surface area (Å²) < 4.78 is -0.674. The van der Waals surface area contributed by atoms with Gasteiger partial charge in [0.1, 0.15) is 4.75 Å². The fourth-order valence-corrected chi connectivity index (χ4v) is 4.33. The van der Waals surface area contributed by atoms with Crippen LogP contribution in [0.3, 0.4) is 0 Å². The Bertz CT molecular complexity index is 645. The van der Waals surface area contributed by atoms with E-state index in [0.29, 0.717) is 18.8 Å². The molecule has 3 rings (SSSR count). The summed E-state index contributed by atoms with van der Waals surface area (Å²) in [5.41, 5.74) is 2.39. The van der Waals surface area contributed by atoms with Crippen molar-refractivity contribution in [3.8, 4) is 0 Å². The summed E-state index contributed by atoms with van der Waals surface area (Å²) in [7, 11) is 0. The first-order valence-corrected chi connectivity index (χ1v) is 7.95. The number of carbonyl (C=O) groups is 1. The molecule has 1 saturated carbocycles. The van der Waals surface area contributed by atoms with E-state index in [1.165, 1.54) is 17.3 Å². The van der Waals surface area contributed by atoms with Crippen LogP contribution in [0.4, 0.5) is 0 Å². The molecule has 1 aliphatic carbocycles. The lowest BCUT2D eigenvalue weighted by Gasteiger charge is -2.44. The minimum atomic E-state index is -0.692. The van der Waals surface area contributed by atoms with Gasteiger partial charge in [0, 0.05) is 4.90 Å². The summed E-state index contributed by atoms with van der Waals surface area (Å²) >= 11 is 1.51. The van der Waals surface area contributed by atoms with E-state index >= 15 is 0 Å². The van der Waals surface area contributed by atoms with Crippen LogP contribution in [0.2, 0.25) is 0 Å². The molecule has 1 N–H and O–H groups in total. The highest BCUT2D eigenvalue weighted by Gasteiger charge is 2.51. The van der Waals surface area contributed by atoms with Crippen molar-refractivity contribution in [1.82, 2.24) is 0 Å². The van der Waals surface area contributed by atoms with Gasteiger partial charge in [0.05, 0.1) is 0 Å². The van der Waals surface area contributed by atoms with Gasteiger partial charge < -0.3 is 5.11 Å². The van der Waals surface area contributed by atoms with Gasteiger partial charge in [-0.3, -0.25) is 4.79 Å². The van der Waals surface area contributed by atoms with Crippen LogP contribution in [0.15, 0.2) is 59.5 Å². The Kier molecular flexibility index (Phi) is 3.77. The molecule has 2 aromatic carbocycles. The van der Waals surface area contributed by atoms with Crippen LogP contribution >= 0.6 is 11.8 Å². The maximum absolute atomic E-state index is 11.8. The molecule has 0 amide bonds. The molecule has 0 saturated heterocycles. The van der Waals surface area contributed by atoms with Crippen molar-refractivity contribution in [2.24, 2.45) is 0 Å². The van der Waals surface area contributed by atoms with E-state index < -0.39 is 10.7 Å². The topological polar surface area (TPSA) is 37.3 Å². The molecule has 0 atom stereocenters. The van der Waals surface area contributed by atoms with Crippen LogP contribution in [0.25, 0.3) is 0 Å². The van der Waals surface area contributed by atoms with Gasteiger partial charge in [-0.05, 0) is 42.9 Å². The second-order valence-electron chi connectivity index (χ2n) is 5.68. The minimum absolute atomic E-state index is 0.360. The zero-order chi connectivity index (χ0) is 14.9. The molecular formula is C18H18O2S. The third-order valence-corrected chi connectivity index (χ3v) is 5.79. The predicted molar refractivity (Wildman–Crippen MR) is 85.8 cm³/mol. The quantitative estimate of drug-likeness (QED) is 0.903. The van der Waals surface area contributed by atoms with E-state index in [1.54, 1.807) is 0 Å². The molecule has 0 radical (unpaired) electrons. The van der Waals surface area contributed by atoms with Crippen molar-refractivity contribution >= 4 is 17.7 Å². The molecule has 0 aliphatic heterocycles. The van der Waals surface area contributed by atoms with Gasteiger partial charge in [0.25, 0.3) is 0 Å². The van der Waals surface area contributed by atoms with E-state index in [1.807, 2.05) is 49.4 Å². The normalized spacial score (nSPS) is 24.3. The zero-order valence-corrected chi connectivity index (χ0v) is 12.8. The van der Waals surface area contributed by atoms with Crippen molar-refractivity contribution in [2.75, 3.05) is 0 Å². The standard InChI is InChI=1S/C18H18O2S/c1-13-7-5-6-10-16(13)21-18(17(19)20)11-15(12-18)14-8-3-2-4-9-14/h2-10,15H,11-12H2,1H3,(H,19,20). The number of carboxylic acid groups (broad SMARTS) is 1. The van der Waals surface area contributed by atoms with Crippen molar-refractivity contribution in [3.05, 3.63) is 65.7 Å². The average Bonchev–Trinajstić information content (AvgIpc) is 2.45. The first kappa shape index (κ1) is 14.2.